The lowest BCUT2D eigenvalue weighted by Crippen LogP contribution is -2.45. The highest BCUT2D eigenvalue weighted by molar-refractivity contribution is 5.94. The van der Waals surface area contributed by atoms with Crippen molar-refractivity contribution < 1.29 is 13.4 Å². The third-order valence-electron chi connectivity index (χ3n) is 8.11. The summed E-state index contributed by atoms with van der Waals surface area (Å²) < 4.78 is 32.5. The number of halogens is 2. The summed E-state index contributed by atoms with van der Waals surface area (Å²) in [5.41, 5.74) is 12.7. The van der Waals surface area contributed by atoms with Gasteiger partial charge in [0.25, 0.3) is 5.84 Å². The molecular formula is C29H40F2N7+. The third kappa shape index (κ3) is 5.65. The van der Waals surface area contributed by atoms with E-state index < -0.39 is 12.3 Å². The molecule has 204 valence electrons. The van der Waals surface area contributed by atoms with Gasteiger partial charge < -0.3 is 15.5 Å². The molecule has 1 aromatic rings. The minimum absolute atomic E-state index is 0.287. The number of nitrogens with two attached hydrogens (primary N) is 1. The standard InChI is InChI=1S/C29H39F2N7/c1-3-4-11-37-13-8-22(9-14-37)35-26-7-10-33-18-25(26)29(32)38-12-5-6-20-15-23(21-17-34-36(2)19-21)24(28(30)31)16-27(20)38/h15,17,19,22,24,28,33H,3,5-10,12-14,16,18H2,1-2H3,(H2,32,35)/p+1. The number of alkyl halides is 2. The van der Waals surface area contributed by atoms with E-state index in [1.807, 2.05) is 19.3 Å². The average molecular weight is 525 g/mol. The molecule has 4 heterocycles. The van der Waals surface area contributed by atoms with E-state index in [0.717, 1.165) is 87.1 Å². The number of rotatable bonds is 5. The van der Waals surface area contributed by atoms with Crippen molar-refractivity contribution in [1.82, 2.24) is 25.3 Å². The fraction of sp³-hybridized carbons (Fsp3) is 0.586. The van der Waals surface area contributed by atoms with Crippen molar-refractivity contribution in [3.8, 4) is 12.0 Å². The number of amidine groups is 1. The van der Waals surface area contributed by atoms with Crippen LogP contribution < -0.4 is 16.4 Å². The lowest BCUT2D eigenvalue weighted by Gasteiger charge is -2.33. The highest BCUT2D eigenvalue weighted by Gasteiger charge is 2.37. The van der Waals surface area contributed by atoms with Gasteiger partial charge >= 0.3 is 0 Å². The van der Waals surface area contributed by atoms with Gasteiger partial charge in [0.1, 0.15) is 5.70 Å². The number of aryl methyl sites for hydroxylation is 1. The number of hydrogen-bond donors (Lipinski definition) is 3. The number of hydrogen-bond acceptors (Lipinski definition) is 4. The highest BCUT2D eigenvalue weighted by atomic mass is 19.3. The number of nitrogens with one attached hydrogen (secondary N) is 2. The van der Waals surface area contributed by atoms with Gasteiger partial charge in [-0.15, -0.1) is 0 Å². The molecule has 1 fully saturated rings. The highest BCUT2D eigenvalue weighted by Crippen LogP contribution is 2.41. The van der Waals surface area contributed by atoms with Crippen LogP contribution >= 0.6 is 0 Å². The Morgan fingerprint density at radius 3 is 2.84 bits per heavy atom. The summed E-state index contributed by atoms with van der Waals surface area (Å²) in [5, 5.41) is 11.5. The van der Waals surface area contributed by atoms with E-state index in [1.54, 1.807) is 10.9 Å². The van der Waals surface area contributed by atoms with Crippen molar-refractivity contribution in [2.45, 2.75) is 64.3 Å². The molecule has 1 aliphatic carbocycles. The van der Waals surface area contributed by atoms with Crippen molar-refractivity contribution in [1.29, 1.82) is 0 Å². The lowest BCUT2D eigenvalue weighted by atomic mass is 9.81. The molecule has 5 rings (SSSR count). The van der Waals surface area contributed by atoms with Crippen molar-refractivity contribution >= 4 is 11.4 Å². The second-order valence-corrected chi connectivity index (χ2v) is 10.7. The second kappa shape index (κ2) is 11.7. The minimum atomic E-state index is -2.46. The van der Waals surface area contributed by atoms with Crippen LogP contribution in [0, 0.1) is 17.9 Å². The van der Waals surface area contributed by atoms with Gasteiger partial charge in [-0.1, -0.05) is 18.9 Å². The van der Waals surface area contributed by atoms with Crippen LogP contribution in [0.25, 0.3) is 5.57 Å². The van der Waals surface area contributed by atoms with Crippen LogP contribution in [0.15, 0.2) is 41.0 Å². The molecule has 7 nitrogen and oxygen atoms in total. The van der Waals surface area contributed by atoms with Gasteiger partial charge in [-0.05, 0) is 36.8 Å². The van der Waals surface area contributed by atoms with E-state index in [9.17, 15) is 8.78 Å². The zero-order valence-corrected chi connectivity index (χ0v) is 22.6. The summed E-state index contributed by atoms with van der Waals surface area (Å²) in [6.07, 6.45) is 8.98. The Morgan fingerprint density at radius 1 is 1.32 bits per heavy atom. The van der Waals surface area contributed by atoms with Crippen LogP contribution in [-0.4, -0.2) is 70.3 Å². The maximum Gasteiger partial charge on any atom is 0.278 e. The first-order valence-electron chi connectivity index (χ1n) is 14.0. The molecule has 0 saturated carbocycles. The minimum Gasteiger partial charge on any atom is -0.385 e. The van der Waals surface area contributed by atoms with E-state index in [-0.39, 0.29) is 6.42 Å². The molecule has 1 saturated heterocycles. The number of nitrogens with zero attached hydrogens (tertiary/aromatic N) is 4. The van der Waals surface area contributed by atoms with Crippen LogP contribution in [-0.2, 0) is 7.05 Å². The Labute approximate surface area is 224 Å². The van der Waals surface area contributed by atoms with Gasteiger partial charge in [-0.2, -0.15) is 5.10 Å². The zero-order chi connectivity index (χ0) is 26.6. The lowest BCUT2D eigenvalue weighted by molar-refractivity contribution is -0.487. The van der Waals surface area contributed by atoms with E-state index in [1.165, 1.54) is 5.70 Å². The Kier molecular flexibility index (Phi) is 8.18. The topological polar surface area (TPSA) is 74.1 Å². The summed E-state index contributed by atoms with van der Waals surface area (Å²) in [6.45, 7) is 6.34. The van der Waals surface area contributed by atoms with E-state index in [0.29, 0.717) is 24.0 Å². The normalized spacial score (nSPS) is 24.2. The third-order valence-corrected chi connectivity index (χ3v) is 8.11. The smallest absolute Gasteiger partial charge is 0.278 e. The Bertz CT molecular complexity index is 1220. The summed E-state index contributed by atoms with van der Waals surface area (Å²) >= 11 is 0. The first kappa shape index (κ1) is 26.5. The van der Waals surface area contributed by atoms with Crippen LogP contribution in [0.3, 0.4) is 0 Å². The predicted octanol–water partition coefficient (Wildman–Crippen LogP) is 3.18. The van der Waals surface area contributed by atoms with Crippen LogP contribution in [0.2, 0.25) is 0 Å². The van der Waals surface area contributed by atoms with Crippen molar-refractivity contribution in [3.05, 3.63) is 46.6 Å². The SMILES string of the molecule is CCC#CN1CCC(NC2=C(C(N)=[N+]3CCCC4=C3CC(C(F)F)C(c3cnn(C)c3)=C4)CNCC2)CC1. The predicted molar refractivity (Wildman–Crippen MR) is 146 cm³/mol. The van der Waals surface area contributed by atoms with Gasteiger partial charge in [-0.25, -0.2) is 13.4 Å². The number of allylic oxidation sites excluding steroid dienone is 4. The molecule has 1 unspecified atom stereocenters. The Hall–Kier alpha value is -3.12. The molecule has 9 heteroatoms. The van der Waals surface area contributed by atoms with E-state index >= 15 is 0 Å². The van der Waals surface area contributed by atoms with Gasteiger partial charge in [0.2, 0.25) is 6.43 Å². The summed E-state index contributed by atoms with van der Waals surface area (Å²) in [4.78, 5) is 2.22. The summed E-state index contributed by atoms with van der Waals surface area (Å²) in [5.74, 6) is 3.00. The molecule has 3 aliphatic heterocycles. The largest absolute Gasteiger partial charge is 0.385 e. The summed E-state index contributed by atoms with van der Waals surface area (Å²) in [6, 6.07) is 3.65. The van der Waals surface area contributed by atoms with Crippen LogP contribution in [0.1, 0.15) is 57.4 Å². The first-order chi connectivity index (χ1) is 18.4. The molecule has 1 atom stereocenters. The molecular weight excluding hydrogens is 484 g/mol. The first-order valence-corrected chi connectivity index (χ1v) is 14.0. The molecule has 4 N–H and O–H groups in total. The molecule has 0 radical (unpaired) electrons. The maximum absolute atomic E-state index is 14.3. The monoisotopic (exact) mass is 524 g/mol. The van der Waals surface area contributed by atoms with Gasteiger partial charge in [0.15, 0.2) is 0 Å². The number of likely N-dealkylation sites (tertiary alicyclic amines) is 1. The average Bonchev–Trinajstić information content (AvgIpc) is 3.37. The van der Waals surface area contributed by atoms with Crippen molar-refractivity contribution in [2.24, 2.45) is 18.7 Å². The Balaban J connectivity index is 1.43. The zero-order valence-electron chi connectivity index (χ0n) is 22.6. The summed E-state index contributed by atoms with van der Waals surface area (Å²) in [7, 11) is 1.81. The molecule has 1 aromatic heterocycles. The van der Waals surface area contributed by atoms with Crippen molar-refractivity contribution in [3.63, 3.8) is 0 Å². The molecule has 4 aliphatic rings. The molecule has 0 aromatic carbocycles. The second-order valence-electron chi connectivity index (χ2n) is 10.7. The number of aromatic nitrogens is 2. The Morgan fingerprint density at radius 2 is 2.13 bits per heavy atom. The van der Waals surface area contributed by atoms with E-state index in [4.69, 9.17) is 5.73 Å². The molecule has 0 amide bonds. The molecule has 0 spiro atoms. The van der Waals surface area contributed by atoms with Crippen LogP contribution in [0.4, 0.5) is 8.78 Å². The van der Waals surface area contributed by atoms with Crippen molar-refractivity contribution in [2.75, 3.05) is 32.7 Å². The number of piperidine rings is 1. The molecule has 38 heavy (non-hydrogen) atoms. The quantitative estimate of drug-likeness (QED) is 0.314. The van der Waals surface area contributed by atoms with E-state index in [2.05, 4.69) is 44.1 Å². The van der Waals surface area contributed by atoms with Crippen LogP contribution in [0.5, 0.6) is 0 Å². The van der Waals surface area contributed by atoms with Gasteiger partial charge in [0, 0.05) is 82.0 Å². The van der Waals surface area contributed by atoms with Gasteiger partial charge in [0.05, 0.1) is 24.2 Å². The fourth-order valence-corrected chi connectivity index (χ4v) is 6.07. The fourth-order valence-electron chi connectivity index (χ4n) is 6.07. The maximum atomic E-state index is 14.3. The van der Waals surface area contributed by atoms with Gasteiger partial charge in [-0.3, -0.25) is 10.4 Å². The molecule has 0 bridgehead atoms.